The maximum absolute atomic E-state index is 9.10. The number of pyridine rings is 1. The molecule has 0 radical (unpaired) electrons. The van der Waals surface area contributed by atoms with E-state index in [1.165, 1.54) is 11.1 Å². The van der Waals surface area contributed by atoms with Crippen LogP contribution in [-0.2, 0) is 37.3 Å². The molecule has 6 heteroatoms. The first-order valence-corrected chi connectivity index (χ1v) is 20.3. The van der Waals surface area contributed by atoms with Gasteiger partial charge in [-0.25, -0.2) is 4.98 Å². The van der Waals surface area contributed by atoms with E-state index in [1.54, 1.807) is 0 Å². The number of fused-ring (bicyclic) bond motifs is 5. The van der Waals surface area contributed by atoms with Gasteiger partial charge in [0.05, 0.1) is 23.6 Å². The molecule has 0 spiro atoms. The molecular formula is C54H48N4OPt-2. The molecule has 10 rings (SSSR count). The quantitative estimate of drug-likeness (QED) is 0.123. The van der Waals surface area contributed by atoms with Crippen LogP contribution in [0, 0.1) is 18.5 Å². The minimum atomic E-state index is -0.420. The molecule has 3 heterocycles. The minimum absolute atomic E-state index is 0. The first-order chi connectivity index (χ1) is 30.4. The molecule has 3 aromatic heterocycles. The van der Waals surface area contributed by atoms with Crippen LogP contribution in [-0.4, -0.2) is 14.1 Å². The van der Waals surface area contributed by atoms with Gasteiger partial charge in [-0.05, 0) is 92.2 Å². The number of aromatic nitrogens is 4. The molecule has 0 saturated carbocycles. The summed E-state index contributed by atoms with van der Waals surface area (Å²) in [4.78, 5) is 4.82. The van der Waals surface area contributed by atoms with Crippen molar-refractivity contribution >= 4 is 32.8 Å². The average Bonchev–Trinajstić information content (AvgIpc) is 3.82. The van der Waals surface area contributed by atoms with Gasteiger partial charge in [-0.15, -0.1) is 29.7 Å². The van der Waals surface area contributed by atoms with Gasteiger partial charge < -0.3 is 13.9 Å². The Morgan fingerprint density at radius 1 is 0.733 bits per heavy atom. The fourth-order valence-electron chi connectivity index (χ4n) is 8.71. The Kier molecular flexibility index (Phi) is 8.35. The van der Waals surface area contributed by atoms with Crippen molar-refractivity contribution in [2.45, 2.75) is 77.6 Å². The molecule has 0 saturated heterocycles. The van der Waals surface area contributed by atoms with E-state index >= 15 is 0 Å². The summed E-state index contributed by atoms with van der Waals surface area (Å²) in [5.41, 5.74) is 8.63. The van der Waals surface area contributed by atoms with Crippen molar-refractivity contribution in [2.24, 2.45) is 0 Å². The summed E-state index contributed by atoms with van der Waals surface area (Å²) in [6.07, 6.45) is 7.41. The summed E-state index contributed by atoms with van der Waals surface area (Å²) < 4.78 is 56.5. The van der Waals surface area contributed by atoms with E-state index in [2.05, 4.69) is 114 Å². The average molecular weight is 969 g/mol. The third-order valence-electron chi connectivity index (χ3n) is 12.2. The van der Waals surface area contributed by atoms with Gasteiger partial charge in [-0.3, -0.25) is 4.57 Å². The first kappa shape index (κ1) is 34.0. The maximum Gasteiger partial charge on any atom is 0.268 e. The van der Waals surface area contributed by atoms with Gasteiger partial charge in [0.15, 0.2) is 0 Å². The molecule has 302 valence electrons. The van der Waals surface area contributed by atoms with Crippen molar-refractivity contribution in [3.05, 3.63) is 175 Å². The van der Waals surface area contributed by atoms with Gasteiger partial charge >= 0.3 is 0 Å². The van der Waals surface area contributed by atoms with E-state index in [4.69, 9.17) is 16.6 Å². The predicted octanol–water partition coefficient (Wildman–Crippen LogP) is 12.9. The topological polar surface area (TPSA) is 35.9 Å². The van der Waals surface area contributed by atoms with E-state index in [0.717, 1.165) is 57.1 Å². The molecule has 0 aliphatic heterocycles. The number of para-hydroxylation sites is 3. The van der Waals surface area contributed by atoms with Gasteiger partial charge in [0.1, 0.15) is 5.82 Å². The summed E-state index contributed by atoms with van der Waals surface area (Å²) in [5.74, 6) is 1.82. The van der Waals surface area contributed by atoms with Crippen molar-refractivity contribution in [1.29, 1.82) is 0 Å². The maximum atomic E-state index is 9.10. The fraction of sp³-hybridized carbons (Fsp3) is 0.222. The number of rotatable bonds is 6. The smallest absolute Gasteiger partial charge is 0.268 e. The van der Waals surface area contributed by atoms with Crippen LogP contribution in [0.4, 0.5) is 0 Å². The first-order valence-electron chi connectivity index (χ1n) is 22.8. The van der Waals surface area contributed by atoms with E-state index in [1.807, 2.05) is 76.0 Å². The van der Waals surface area contributed by atoms with E-state index in [9.17, 15) is 0 Å². The third-order valence-corrected chi connectivity index (χ3v) is 12.2. The third kappa shape index (κ3) is 6.78. The zero-order chi connectivity index (χ0) is 45.0. The Morgan fingerprint density at radius 2 is 1.43 bits per heavy atom. The summed E-state index contributed by atoms with van der Waals surface area (Å²) in [5, 5.41) is 2.14. The summed E-state index contributed by atoms with van der Waals surface area (Å²) >= 11 is 0. The number of ether oxygens (including phenoxy) is 1. The molecule has 0 N–H and O–H groups in total. The van der Waals surface area contributed by atoms with Crippen LogP contribution in [0.15, 0.2) is 140 Å². The van der Waals surface area contributed by atoms with Gasteiger partial charge in [-0.1, -0.05) is 133 Å². The van der Waals surface area contributed by atoms with Crippen LogP contribution in [0.1, 0.15) is 84.9 Å². The molecule has 0 amide bonds. The van der Waals surface area contributed by atoms with Crippen molar-refractivity contribution in [3.8, 4) is 39.8 Å². The van der Waals surface area contributed by atoms with Crippen LogP contribution < -0.4 is 9.30 Å². The Labute approximate surface area is 374 Å². The predicted molar refractivity (Wildman–Crippen MR) is 239 cm³/mol. The number of hydrogen-bond donors (Lipinski definition) is 0. The van der Waals surface area contributed by atoms with E-state index in [-0.39, 0.29) is 67.0 Å². The fourth-order valence-corrected chi connectivity index (χ4v) is 8.71. The molecule has 0 fully saturated rings. The Hall–Kier alpha value is -5.77. The summed E-state index contributed by atoms with van der Waals surface area (Å²) in [6, 6.07) is 39.9. The minimum Gasteiger partial charge on any atom is -0.510 e. The molecule has 6 aromatic carbocycles. The standard InChI is InChI=1S/C54H48N4O.Pt/c1-52(2,3)37-26-29-55-51(30-37)58-46-21-12-11-20-41(46)42-25-24-40(32-50(42)58)59-39-19-15-18-38(31-39)56-35-57(48-23-14-13-22-47(48)56)49-34-45-44(53(4,5)27-28-54(45,6)7)33-43(49)36-16-9-8-10-17-36;/h8-26,29-30,33-34H,27-28H2,1-7H3;/q-2;/i8D,9D,10D,16D,17D;. The second-order valence-corrected chi connectivity index (χ2v) is 18.0. The van der Waals surface area contributed by atoms with Crippen molar-refractivity contribution in [1.82, 2.24) is 14.1 Å². The number of hydrogen-bond acceptors (Lipinski definition) is 2. The second-order valence-electron chi connectivity index (χ2n) is 18.0. The van der Waals surface area contributed by atoms with Gasteiger partial charge in [0.2, 0.25) is 0 Å². The normalized spacial score (nSPS) is 15.8. The van der Waals surface area contributed by atoms with Crippen LogP contribution in [0.3, 0.4) is 0 Å². The Bertz CT molecular complexity index is 3350. The SMILES string of the molecule is [2H]c1c([2H])c([2H])c(-c2cc3c(cc2-[n+]2[c-]n(-c4[c-]c(Oc5[c-]c6c(cc5)c5ccccc5n6-c5cc(C(C)(C)C)ccn5)ccc4)c4ccccc42)C(C)(C)CCC3(C)C)c([2H])c1[2H].[Pt]. The number of nitrogens with zero attached hydrogens (tertiary/aromatic N) is 4. The van der Waals surface area contributed by atoms with Gasteiger partial charge in [0, 0.05) is 44.3 Å². The second kappa shape index (κ2) is 14.7. The van der Waals surface area contributed by atoms with Crippen LogP contribution in [0.2, 0.25) is 0 Å². The molecule has 0 unspecified atom stereocenters. The van der Waals surface area contributed by atoms with Crippen LogP contribution >= 0.6 is 0 Å². The largest absolute Gasteiger partial charge is 0.510 e. The molecule has 0 bridgehead atoms. The summed E-state index contributed by atoms with van der Waals surface area (Å²) in [6.45, 7) is 15.6. The molecule has 1 aliphatic rings. The van der Waals surface area contributed by atoms with Crippen molar-refractivity contribution in [3.63, 3.8) is 0 Å². The van der Waals surface area contributed by atoms with Crippen molar-refractivity contribution < 1.29 is 37.2 Å². The molecule has 1 aliphatic carbocycles. The Balaban J connectivity index is 0.00000533. The molecule has 5 nitrogen and oxygen atoms in total. The van der Waals surface area contributed by atoms with Gasteiger partial charge in [0.25, 0.3) is 6.33 Å². The van der Waals surface area contributed by atoms with Crippen LogP contribution in [0.5, 0.6) is 11.5 Å². The molecule has 60 heavy (non-hydrogen) atoms. The molecule has 9 aromatic rings. The van der Waals surface area contributed by atoms with Crippen LogP contribution in [0.25, 0.3) is 61.2 Å². The summed E-state index contributed by atoms with van der Waals surface area (Å²) in [7, 11) is 0. The van der Waals surface area contributed by atoms with E-state index < -0.39 is 6.04 Å². The number of benzene rings is 6. The zero-order valence-electron chi connectivity index (χ0n) is 39.8. The van der Waals surface area contributed by atoms with E-state index in [0.29, 0.717) is 28.4 Å². The molecular weight excluding hydrogens is 916 g/mol. The Morgan fingerprint density at radius 3 is 2.20 bits per heavy atom. The molecule has 0 atom stereocenters. The monoisotopic (exact) mass is 968 g/mol. The van der Waals surface area contributed by atoms with Crippen molar-refractivity contribution in [2.75, 3.05) is 0 Å². The van der Waals surface area contributed by atoms with Gasteiger partial charge in [-0.2, -0.15) is 18.2 Å². The zero-order valence-corrected chi connectivity index (χ0v) is 37.1. The number of imidazole rings is 1.